The van der Waals surface area contributed by atoms with E-state index in [9.17, 15) is 14.0 Å². The highest BCUT2D eigenvalue weighted by Gasteiger charge is 2.34. The highest BCUT2D eigenvalue weighted by atomic mass is 19.1. The Morgan fingerprint density at radius 3 is 2.90 bits per heavy atom. The number of hydrogen-bond acceptors (Lipinski definition) is 2. The van der Waals surface area contributed by atoms with Gasteiger partial charge < -0.3 is 15.3 Å². The zero-order valence-electron chi connectivity index (χ0n) is 11.2. The summed E-state index contributed by atoms with van der Waals surface area (Å²) < 4.78 is 13.1. The van der Waals surface area contributed by atoms with E-state index in [2.05, 4.69) is 5.32 Å². The molecular weight excluding hydrogens is 263 g/mol. The fraction of sp³-hybridized carbons (Fsp3) is 0.429. The van der Waals surface area contributed by atoms with Crippen LogP contribution < -0.4 is 5.32 Å². The predicted molar refractivity (Wildman–Crippen MR) is 70.7 cm³/mol. The van der Waals surface area contributed by atoms with Crippen molar-refractivity contribution < 1.29 is 19.1 Å². The molecule has 0 bridgehead atoms. The Balaban J connectivity index is 2.02. The summed E-state index contributed by atoms with van der Waals surface area (Å²) in [5.41, 5.74) is 0.643. The molecule has 5 nitrogen and oxygen atoms in total. The van der Waals surface area contributed by atoms with Crippen LogP contribution in [0, 0.1) is 5.82 Å². The molecule has 1 fully saturated rings. The minimum atomic E-state index is -0.990. The molecule has 2 N–H and O–H groups in total. The van der Waals surface area contributed by atoms with Crippen molar-refractivity contribution >= 4 is 12.0 Å². The monoisotopic (exact) mass is 280 g/mol. The van der Waals surface area contributed by atoms with Crippen molar-refractivity contribution in [2.45, 2.75) is 31.8 Å². The van der Waals surface area contributed by atoms with E-state index in [0.29, 0.717) is 24.9 Å². The van der Waals surface area contributed by atoms with Crippen molar-refractivity contribution in [3.8, 4) is 0 Å². The molecule has 0 aromatic heterocycles. The van der Waals surface area contributed by atoms with Crippen molar-refractivity contribution in [1.29, 1.82) is 0 Å². The number of hydrogen-bond donors (Lipinski definition) is 2. The first-order valence-corrected chi connectivity index (χ1v) is 6.54. The number of benzene rings is 1. The van der Waals surface area contributed by atoms with Crippen molar-refractivity contribution in [2.75, 3.05) is 6.54 Å². The highest BCUT2D eigenvalue weighted by molar-refractivity contribution is 5.83. The average Bonchev–Trinajstić information content (AvgIpc) is 2.88. The maximum atomic E-state index is 13.1. The first kappa shape index (κ1) is 14.3. The number of urea groups is 1. The number of carboxylic acids is 1. The lowest BCUT2D eigenvalue weighted by Gasteiger charge is -2.24. The van der Waals surface area contributed by atoms with Gasteiger partial charge in [-0.05, 0) is 37.5 Å². The fourth-order valence-corrected chi connectivity index (χ4v) is 2.39. The number of carboxylic acid groups (broad SMARTS) is 1. The van der Waals surface area contributed by atoms with Gasteiger partial charge in [-0.15, -0.1) is 0 Å². The van der Waals surface area contributed by atoms with Crippen LogP contribution in [-0.4, -0.2) is 34.6 Å². The molecule has 108 valence electrons. The smallest absolute Gasteiger partial charge is 0.326 e. The van der Waals surface area contributed by atoms with Crippen LogP contribution in [-0.2, 0) is 4.79 Å². The number of carbonyl (C=O) groups is 2. The molecule has 0 spiro atoms. The van der Waals surface area contributed by atoms with E-state index in [0.717, 1.165) is 0 Å². The molecule has 0 aliphatic carbocycles. The molecule has 1 aliphatic rings. The second-order valence-corrected chi connectivity index (χ2v) is 4.92. The van der Waals surface area contributed by atoms with Crippen LogP contribution in [0.2, 0.25) is 0 Å². The number of nitrogens with zero attached hydrogens (tertiary/aromatic N) is 1. The van der Waals surface area contributed by atoms with Gasteiger partial charge in [-0.25, -0.2) is 14.0 Å². The summed E-state index contributed by atoms with van der Waals surface area (Å²) in [5.74, 6) is -1.36. The first-order chi connectivity index (χ1) is 9.49. The summed E-state index contributed by atoms with van der Waals surface area (Å²) >= 11 is 0. The third kappa shape index (κ3) is 3.07. The Hall–Kier alpha value is -2.11. The number of likely N-dealkylation sites (tertiary alicyclic amines) is 1. The van der Waals surface area contributed by atoms with Gasteiger partial charge in [0, 0.05) is 6.54 Å². The zero-order chi connectivity index (χ0) is 14.7. The number of amides is 2. The summed E-state index contributed by atoms with van der Waals surface area (Å²) in [6.07, 6.45) is 1.15. The average molecular weight is 280 g/mol. The van der Waals surface area contributed by atoms with Gasteiger partial charge in [0.15, 0.2) is 0 Å². The Bertz CT molecular complexity index is 521. The lowest BCUT2D eigenvalue weighted by molar-refractivity contribution is -0.141. The Morgan fingerprint density at radius 1 is 1.50 bits per heavy atom. The van der Waals surface area contributed by atoms with Crippen LogP contribution in [0.25, 0.3) is 0 Å². The van der Waals surface area contributed by atoms with Gasteiger partial charge in [0.25, 0.3) is 0 Å². The Kier molecular flexibility index (Phi) is 4.22. The minimum Gasteiger partial charge on any atom is -0.480 e. The van der Waals surface area contributed by atoms with E-state index in [1.54, 1.807) is 19.1 Å². The normalized spacial score (nSPS) is 19.7. The first-order valence-electron chi connectivity index (χ1n) is 6.54. The van der Waals surface area contributed by atoms with Crippen molar-refractivity contribution in [2.24, 2.45) is 0 Å². The lowest BCUT2D eigenvalue weighted by atomic mass is 10.1. The molecule has 1 aliphatic heterocycles. The minimum absolute atomic E-state index is 0.367. The van der Waals surface area contributed by atoms with Gasteiger partial charge in [0.05, 0.1) is 6.04 Å². The maximum Gasteiger partial charge on any atom is 0.326 e. The Labute approximate surface area is 116 Å². The second-order valence-electron chi connectivity index (χ2n) is 4.92. The molecule has 2 rings (SSSR count). The quantitative estimate of drug-likeness (QED) is 0.891. The van der Waals surface area contributed by atoms with Gasteiger partial charge in [-0.3, -0.25) is 0 Å². The van der Waals surface area contributed by atoms with Gasteiger partial charge in [0.2, 0.25) is 0 Å². The molecule has 2 amide bonds. The van der Waals surface area contributed by atoms with E-state index in [4.69, 9.17) is 5.11 Å². The van der Waals surface area contributed by atoms with Crippen LogP contribution >= 0.6 is 0 Å². The zero-order valence-corrected chi connectivity index (χ0v) is 11.2. The molecule has 20 heavy (non-hydrogen) atoms. The van der Waals surface area contributed by atoms with E-state index in [1.165, 1.54) is 17.0 Å². The van der Waals surface area contributed by atoms with Crippen LogP contribution in [0.5, 0.6) is 0 Å². The summed E-state index contributed by atoms with van der Waals surface area (Å²) in [4.78, 5) is 24.4. The summed E-state index contributed by atoms with van der Waals surface area (Å²) in [6.45, 7) is 2.16. The molecule has 2 atom stereocenters. The molecule has 0 saturated carbocycles. The molecule has 1 aromatic carbocycles. The molecule has 6 heteroatoms. The Morgan fingerprint density at radius 2 is 2.25 bits per heavy atom. The number of carbonyl (C=O) groups excluding carboxylic acids is 1. The van der Waals surface area contributed by atoms with E-state index >= 15 is 0 Å². The molecule has 1 heterocycles. The standard InChI is InChI=1S/C14H17FN2O3/c1-9(10-4-2-5-11(15)8-10)16-14(20)17-7-3-6-12(17)13(18)19/h2,4-5,8-9,12H,3,6-7H2,1H3,(H,16,20)(H,18,19)/t9?,12-/m1/s1. The van der Waals surface area contributed by atoms with E-state index < -0.39 is 18.0 Å². The maximum absolute atomic E-state index is 13.1. The lowest BCUT2D eigenvalue weighted by Crippen LogP contribution is -2.46. The van der Waals surface area contributed by atoms with Crippen LogP contribution in [0.4, 0.5) is 9.18 Å². The number of aliphatic carboxylic acids is 1. The van der Waals surface area contributed by atoms with Crippen molar-refractivity contribution in [3.05, 3.63) is 35.6 Å². The number of nitrogens with one attached hydrogen (secondary N) is 1. The summed E-state index contributed by atoms with van der Waals surface area (Å²) in [6, 6.07) is 4.40. The molecule has 1 aromatic rings. The van der Waals surface area contributed by atoms with Gasteiger partial charge in [-0.2, -0.15) is 0 Å². The molecular formula is C14H17FN2O3. The van der Waals surface area contributed by atoms with Crippen LogP contribution in [0.15, 0.2) is 24.3 Å². The molecule has 1 unspecified atom stereocenters. The largest absolute Gasteiger partial charge is 0.480 e. The van der Waals surface area contributed by atoms with Crippen molar-refractivity contribution in [3.63, 3.8) is 0 Å². The van der Waals surface area contributed by atoms with Crippen LogP contribution in [0.3, 0.4) is 0 Å². The highest BCUT2D eigenvalue weighted by Crippen LogP contribution is 2.19. The number of halogens is 1. The second kappa shape index (κ2) is 5.90. The van der Waals surface area contributed by atoms with Crippen molar-refractivity contribution in [1.82, 2.24) is 10.2 Å². The van der Waals surface area contributed by atoms with Gasteiger partial charge >= 0.3 is 12.0 Å². The SMILES string of the molecule is CC(NC(=O)N1CCC[C@@H]1C(=O)O)c1cccc(F)c1. The summed E-state index contributed by atoms with van der Waals surface area (Å²) in [5, 5.41) is 11.8. The van der Waals surface area contributed by atoms with Gasteiger partial charge in [0.1, 0.15) is 11.9 Å². The van der Waals surface area contributed by atoms with Gasteiger partial charge in [-0.1, -0.05) is 12.1 Å². The van der Waals surface area contributed by atoms with Crippen LogP contribution in [0.1, 0.15) is 31.4 Å². The third-order valence-corrected chi connectivity index (χ3v) is 3.49. The topological polar surface area (TPSA) is 69.6 Å². The molecule has 0 radical (unpaired) electrons. The predicted octanol–water partition coefficient (Wildman–Crippen LogP) is 2.15. The summed E-state index contributed by atoms with van der Waals surface area (Å²) in [7, 11) is 0. The van der Waals surface area contributed by atoms with E-state index in [-0.39, 0.29) is 11.9 Å². The molecule has 1 saturated heterocycles. The number of rotatable bonds is 3. The fourth-order valence-electron chi connectivity index (χ4n) is 2.39. The third-order valence-electron chi connectivity index (χ3n) is 3.49. The van der Waals surface area contributed by atoms with E-state index in [1.807, 2.05) is 0 Å².